The van der Waals surface area contributed by atoms with Crippen molar-refractivity contribution in [2.45, 2.75) is 11.2 Å². The summed E-state index contributed by atoms with van der Waals surface area (Å²) in [5, 5.41) is 0.233. The number of nitrogens with zero attached hydrogens (tertiary/aromatic N) is 1. The Morgan fingerprint density at radius 3 is 2.62 bits per heavy atom. The Morgan fingerprint density at radius 1 is 1.38 bits per heavy atom. The zero-order valence-electron chi connectivity index (χ0n) is 8.01. The summed E-state index contributed by atoms with van der Waals surface area (Å²) in [5.41, 5.74) is 0.371. The van der Waals surface area contributed by atoms with Crippen LogP contribution in [0.4, 0.5) is 10.1 Å². The number of hydrogen-bond donors (Lipinski definition) is 0. The van der Waals surface area contributed by atoms with E-state index in [1.165, 1.54) is 17.0 Å². The molecule has 0 N–H and O–H groups in total. The first-order valence-electron chi connectivity index (χ1n) is 4.58. The number of rotatable bonds is 1. The second-order valence-corrected chi connectivity index (χ2v) is 5.63. The fourth-order valence-corrected chi connectivity index (χ4v) is 2.67. The number of alkyl halides is 1. The van der Waals surface area contributed by atoms with Gasteiger partial charge in [-0.1, -0.05) is 39.1 Å². The predicted octanol–water partition coefficient (Wildman–Crippen LogP) is 3.63. The summed E-state index contributed by atoms with van der Waals surface area (Å²) < 4.78 is 13.3. The van der Waals surface area contributed by atoms with Gasteiger partial charge in [-0.05, 0) is 6.07 Å². The van der Waals surface area contributed by atoms with Crippen LogP contribution >= 0.6 is 39.1 Å². The molecule has 1 aliphatic heterocycles. The Labute approximate surface area is 110 Å². The second kappa shape index (κ2) is 4.51. The highest BCUT2D eigenvalue weighted by atomic mass is 79.9. The Balaban J connectivity index is 2.41. The van der Waals surface area contributed by atoms with Crippen molar-refractivity contribution in [2.75, 3.05) is 11.4 Å². The van der Waals surface area contributed by atoms with Crippen molar-refractivity contribution in [1.29, 1.82) is 0 Å². The first kappa shape index (κ1) is 12.1. The van der Waals surface area contributed by atoms with Crippen molar-refractivity contribution in [3.05, 3.63) is 28.0 Å². The largest absolute Gasteiger partial charge is 0.310 e. The van der Waals surface area contributed by atoms with Crippen LogP contribution in [-0.4, -0.2) is 17.3 Å². The van der Waals surface area contributed by atoms with Crippen LogP contribution in [0.1, 0.15) is 6.42 Å². The van der Waals surface area contributed by atoms with E-state index in [2.05, 4.69) is 15.9 Å². The van der Waals surface area contributed by atoms with E-state index in [0.29, 0.717) is 18.7 Å². The maximum absolute atomic E-state index is 13.3. The lowest BCUT2D eigenvalue weighted by molar-refractivity contribution is -0.117. The number of hydrogen-bond acceptors (Lipinski definition) is 1. The SMILES string of the molecule is O=C1CC(Br)CN1c1cc(F)c(Cl)cc1Cl. The topological polar surface area (TPSA) is 20.3 Å². The molecule has 1 amide bonds. The molecule has 0 radical (unpaired) electrons. The molecule has 1 atom stereocenters. The van der Waals surface area contributed by atoms with E-state index in [1.807, 2.05) is 0 Å². The standard InChI is InChI=1S/C10H7BrCl2FNO/c11-5-1-10(16)15(4-5)9-3-8(14)6(12)2-7(9)13/h2-3,5H,1,4H2. The third kappa shape index (κ3) is 2.19. The molecule has 6 heteroatoms. The third-order valence-electron chi connectivity index (χ3n) is 2.36. The highest BCUT2D eigenvalue weighted by Crippen LogP contribution is 2.34. The number of anilines is 1. The van der Waals surface area contributed by atoms with Gasteiger partial charge < -0.3 is 4.90 Å². The van der Waals surface area contributed by atoms with Crippen molar-refractivity contribution in [3.8, 4) is 0 Å². The summed E-state index contributed by atoms with van der Waals surface area (Å²) >= 11 is 14.9. The van der Waals surface area contributed by atoms with Gasteiger partial charge in [-0.25, -0.2) is 4.39 Å². The summed E-state index contributed by atoms with van der Waals surface area (Å²) in [7, 11) is 0. The molecule has 0 saturated carbocycles. The highest BCUT2D eigenvalue weighted by molar-refractivity contribution is 9.09. The first-order valence-corrected chi connectivity index (χ1v) is 6.25. The van der Waals surface area contributed by atoms with E-state index in [9.17, 15) is 9.18 Å². The lowest BCUT2D eigenvalue weighted by Crippen LogP contribution is -2.25. The van der Waals surface area contributed by atoms with Gasteiger partial charge in [0.2, 0.25) is 5.91 Å². The highest BCUT2D eigenvalue weighted by Gasteiger charge is 2.30. The van der Waals surface area contributed by atoms with Crippen molar-refractivity contribution < 1.29 is 9.18 Å². The van der Waals surface area contributed by atoms with Gasteiger partial charge in [-0.3, -0.25) is 4.79 Å². The molecule has 86 valence electrons. The molecule has 1 unspecified atom stereocenters. The molecular formula is C10H7BrCl2FNO. The van der Waals surface area contributed by atoms with Gasteiger partial charge in [0.15, 0.2) is 0 Å². The Bertz CT molecular complexity index is 455. The molecule has 0 aromatic heterocycles. The number of benzene rings is 1. The molecule has 1 fully saturated rings. The van der Waals surface area contributed by atoms with Crippen LogP contribution in [0.5, 0.6) is 0 Å². The van der Waals surface area contributed by atoms with E-state index >= 15 is 0 Å². The van der Waals surface area contributed by atoms with Crippen molar-refractivity contribution in [1.82, 2.24) is 0 Å². The fraction of sp³-hybridized carbons (Fsp3) is 0.300. The zero-order chi connectivity index (χ0) is 11.9. The maximum atomic E-state index is 13.3. The molecule has 1 saturated heterocycles. The van der Waals surface area contributed by atoms with E-state index in [4.69, 9.17) is 23.2 Å². The second-order valence-electron chi connectivity index (χ2n) is 3.52. The number of amides is 1. The molecular weight excluding hydrogens is 320 g/mol. The molecule has 16 heavy (non-hydrogen) atoms. The molecule has 0 spiro atoms. The molecule has 1 aliphatic rings. The first-order chi connectivity index (χ1) is 7.49. The molecule has 1 heterocycles. The molecule has 1 aromatic rings. The summed E-state index contributed by atoms with van der Waals surface area (Å²) in [6, 6.07) is 2.50. The van der Waals surface area contributed by atoms with E-state index in [1.54, 1.807) is 0 Å². The average Bonchev–Trinajstić information content (AvgIpc) is 2.51. The van der Waals surface area contributed by atoms with Crippen molar-refractivity contribution >= 4 is 50.7 Å². The van der Waals surface area contributed by atoms with Crippen molar-refractivity contribution in [2.24, 2.45) is 0 Å². The van der Waals surface area contributed by atoms with Gasteiger partial charge >= 0.3 is 0 Å². The third-order valence-corrected chi connectivity index (χ3v) is 3.56. The average molecular weight is 327 g/mol. The van der Waals surface area contributed by atoms with Gasteiger partial charge in [0.25, 0.3) is 0 Å². The smallest absolute Gasteiger partial charge is 0.228 e. The van der Waals surface area contributed by atoms with Crippen molar-refractivity contribution in [3.63, 3.8) is 0 Å². The van der Waals surface area contributed by atoms with E-state index in [0.717, 1.165) is 0 Å². The van der Waals surface area contributed by atoms with Crippen LogP contribution < -0.4 is 4.90 Å². The molecule has 0 aliphatic carbocycles. The van der Waals surface area contributed by atoms with Gasteiger partial charge in [-0.15, -0.1) is 0 Å². The van der Waals surface area contributed by atoms with Gasteiger partial charge in [0.1, 0.15) is 5.82 Å². The molecule has 2 rings (SSSR count). The fourth-order valence-electron chi connectivity index (χ4n) is 1.62. The lowest BCUT2D eigenvalue weighted by Gasteiger charge is -2.17. The Hall–Kier alpha value is -0.320. The summed E-state index contributed by atoms with van der Waals surface area (Å²) in [6.07, 6.45) is 0.389. The Kier molecular flexibility index (Phi) is 3.42. The Morgan fingerprint density at radius 2 is 2.06 bits per heavy atom. The number of carbonyl (C=O) groups is 1. The monoisotopic (exact) mass is 325 g/mol. The van der Waals surface area contributed by atoms with Gasteiger partial charge in [0, 0.05) is 23.9 Å². The van der Waals surface area contributed by atoms with Gasteiger partial charge in [-0.2, -0.15) is 0 Å². The van der Waals surface area contributed by atoms with Crippen LogP contribution in [0.3, 0.4) is 0 Å². The van der Waals surface area contributed by atoms with Crippen LogP contribution in [0.2, 0.25) is 10.0 Å². The van der Waals surface area contributed by atoms with Gasteiger partial charge in [0.05, 0.1) is 15.7 Å². The summed E-state index contributed by atoms with van der Waals surface area (Å²) in [5.74, 6) is -0.655. The summed E-state index contributed by atoms with van der Waals surface area (Å²) in [6.45, 7) is 0.486. The minimum absolute atomic E-state index is 0.0456. The zero-order valence-corrected chi connectivity index (χ0v) is 11.1. The maximum Gasteiger partial charge on any atom is 0.228 e. The lowest BCUT2D eigenvalue weighted by atomic mass is 10.3. The molecule has 2 nitrogen and oxygen atoms in total. The normalized spacial score (nSPS) is 20.6. The minimum Gasteiger partial charge on any atom is -0.310 e. The van der Waals surface area contributed by atoms with Crippen LogP contribution in [0.15, 0.2) is 12.1 Å². The van der Waals surface area contributed by atoms with E-state index in [-0.39, 0.29) is 20.8 Å². The molecule has 1 aromatic carbocycles. The van der Waals surface area contributed by atoms with Crippen LogP contribution in [0.25, 0.3) is 0 Å². The van der Waals surface area contributed by atoms with Crippen LogP contribution in [-0.2, 0) is 4.79 Å². The predicted molar refractivity (Wildman–Crippen MR) is 66.1 cm³/mol. The minimum atomic E-state index is -0.577. The quantitative estimate of drug-likeness (QED) is 0.570. The van der Waals surface area contributed by atoms with Crippen LogP contribution in [0, 0.1) is 5.82 Å². The number of halogens is 4. The molecule has 0 bridgehead atoms. The van der Waals surface area contributed by atoms with E-state index < -0.39 is 5.82 Å². The summed E-state index contributed by atoms with van der Waals surface area (Å²) in [4.78, 5) is 13.2. The number of carbonyl (C=O) groups excluding carboxylic acids is 1.